The molecule has 3 heteroatoms. The molecule has 0 aliphatic rings. The van der Waals surface area contributed by atoms with Crippen molar-refractivity contribution in [3.05, 3.63) is 29.3 Å². The Morgan fingerprint density at radius 3 is 2.21 bits per heavy atom. The van der Waals surface area contributed by atoms with Gasteiger partial charge in [-0.2, -0.15) is 0 Å². The second kappa shape index (κ2) is 7.58. The molecule has 136 valence electrons. The van der Waals surface area contributed by atoms with Gasteiger partial charge in [0.2, 0.25) is 0 Å². The summed E-state index contributed by atoms with van der Waals surface area (Å²) >= 11 is 0. The summed E-state index contributed by atoms with van der Waals surface area (Å²) in [6.07, 6.45) is 0.378. The number of aryl methyl sites for hydroxylation is 1. The molecule has 24 heavy (non-hydrogen) atoms. The first-order valence-corrected chi connectivity index (χ1v) is 8.90. The maximum atomic E-state index is 12.6. The lowest BCUT2D eigenvalue weighted by atomic mass is 9.81. The zero-order valence-electron chi connectivity index (χ0n) is 16.9. The Morgan fingerprint density at radius 1 is 1.12 bits per heavy atom. The standard InChI is InChI=1S/C21H35NO2/c1-14(2)17-11-10-15(3)12-18(17)24-16(4)19(23)22-21(8,9)13-20(5,6)7/h10-12,14,16H,13H2,1-9H3,(H,22,23)/t16-/m0/s1. The van der Waals surface area contributed by atoms with Gasteiger partial charge in [-0.05, 0) is 62.6 Å². The molecule has 0 aliphatic heterocycles. The van der Waals surface area contributed by atoms with E-state index in [9.17, 15) is 4.79 Å². The highest BCUT2D eigenvalue weighted by atomic mass is 16.5. The second-order valence-corrected chi connectivity index (χ2v) is 9.07. The van der Waals surface area contributed by atoms with E-state index in [1.165, 1.54) is 0 Å². The zero-order chi connectivity index (χ0) is 18.7. The van der Waals surface area contributed by atoms with Gasteiger partial charge in [0.1, 0.15) is 5.75 Å². The van der Waals surface area contributed by atoms with Crippen molar-refractivity contribution in [3.63, 3.8) is 0 Å². The van der Waals surface area contributed by atoms with Gasteiger partial charge in [-0.3, -0.25) is 4.79 Å². The maximum Gasteiger partial charge on any atom is 0.261 e. The molecule has 0 fully saturated rings. The van der Waals surface area contributed by atoms with Crippen LogP contribution in [0.25, 0.3) is 0 Å². The normalized spacial score (nSPS) is 13.8. The van der Waals surface area contributed by atoms with Crippen LogP contribution in [-0.2, 0) is 4.79 Å². The number of carbonyl (C=O) groups is 1. The third kappa shape index (κ3) is 6.54. The van der Waals surface area contributed by atoms with E-state index >= 15 is 0 Å². The van der Waals surface area contributed by atoms with Crippen LogP contribution in [0.15, 0.2) is 18.2 Å². The molecule has 1 atom stereocenters. The van der Waals surface area contributed by atoms with Crippen molar-refractivity contribution in [2.45, 2.75) is 86.3 Å². The van der Waals surface area contributed by atoms with Crippen molar-refractivity contribution in [2.75, 3.05) is 0 Å². The Balaban J connectivity index is 2.83. The predicted octanol–water partition coefficient (Wildman–Crippen LogP) is 5.22. The topological polar surface area (TPSA) is 38.3 Å². The molecule has 0 saturated heterocycles. The lowest BCUT2D eigenvalue weighted by Crippen LogP contribution is -2.50. The summed E-state index contributed by atoms with van der Waals surface area (Å²) in [5.74, 6) is 1.09. The number of hydrogen-bond acceptors (Lipinski definition) is 2. The average Bonchev–Trinajstić information content (AvgIpc) is 2.34. The third-order valence-corrected chi connectivity index (χ3v) is 3.90. The summed E-state index contributed by atoms with van der Waals surface area (Å²) in [6, 6.07) is 6.18. The summed E-state index contributed by atoms with van der Waals surface area (Å²) in [5.41, 5.74) is 2.16. The van der Waals surface area contributed by atoms with Gasteiger partial charge in [0, 0.05) is 5.54 Å². The SMILES string of the molecule is Cc1ccc(C(C)C)c(O[C@@H](C)C(=O)NC(C)(C)CC(C)(C)C)c1. The minimum atomic E-state index is -0.524. The van der Waals surface area contributed by atoms with E-state index in [0.29, 0.717) is 5.92 Å². The van der Waals surface area contributed by atoms with E-state index in [2.05, 4.69) is 65.9 Å². The fourth-order valence-electron chi connectivity index (χ4n) is 3.27. The van der Waals surface area contributed by atoms with Crippen LogP contribution < -0.4 is 10.1 Å². The number of amides is 1. The van der Waals surface area contributed by atoms with Gasteiger partial charge >= 0.3 is 0 Å². The third-order valence-electron chi connectivity index (χ3n) is 3.90. The summed E-state index contributed by atoms with van der Waals surface area (Å²) < 4.78 is 6.01. The Hall–Kier alpha value is -1.51. The highest BCUT2D eigenvalue weighted by Crippen LogP contribution is 2.29. The molecule has 0 aliphatic carbocycles. The van der Waals surface area contributed by atoms with Gasteiger partial charge in [0.25, 0.3) is 5.91 Å². The summed E-state index contributed by atoms with van der Waals surface area (Å²) in [6.45, 7) is 18.8. The van der Waals surface area contributed by atoms with Gasteiger partial charge in [0.15, 0.2) is 6.10 Å². The predicted molar refractivity (Wildman–Crippen MR) is 102 cm³/mol. The van der Waals surface area contributed by atoms with Crippen LogP contribution in [0.5, 0.6) is 5.75 Å². The lowest BCUT2D eigenvalue weighted by Gasteiger charge is -2.34. The number of benzene rings is 1. The molecule has 0 aromatic heterocycles. The molecule has 1 aromatic carbocycles. The van der Waals surface area contributed by atoms with E-state index in [0.717, 1.165) is 23.3 Å². The van der Waals surface area contributed by atoms with Crippen molar-refractivity contribution in [3.8, 4) is 5.75 Å². The number of rotatable bonds is 6. The first kappa shape index (κ1) is 20.5. The van der Waals surface area contributed by atoms with Gasteiger partial charge in [-0.25, -0.2) is 0 Å². The van der Waals surface area contributed by atoms with Crippen molar-refractivity contribution in [2.24, 2.45) is 5.41 Å². The molecule has 1 aromatic rings. The number of hydrogen-bond donors (Lipinski definition) is 1. The summed E-state index contributed by atoms with van der Waals surface area (Å²) in [5, 5.41) is 3.13. The average molecular weight is 334 g/mol. The van der Waals surface area contributed by atoms with Crippen LogP contribution in [-0.4, -0.2) is 17.6 Å². The van der Waals surface area contributed by atoms with Crippen molar-refractivity contribution in [1.29, 1.82) is 0 Å². The van der Waals surface area contributed by atoms with Gasteiger partial charge in [0.05, 0.1) is 0 Å². The van der Waals surface area contributed by atoms with E-state index in [1.807, 2.05) is 19.9 Å². The first-order valence-electron chi connectivity index (χ1n) is 8.90. The molecule has 1 N–H and O–H groups in total. The van der Waals surface area contributed by atoms with Crippen LogP contribution in [0.2, 0.25) is 0 Å². The highest BCUT2D eigenvalue weighted by Gasteiger charge is 2.29. The smallest absolute Gasteiger partial charge is 0.261 e. The Morgan fingerprint density at radius 2 is 1.71 bits per heavy atom. The minimum absolute atomic E-state index is 0.0690. The molecule has 3 nitrogen and oxygen atoms in total. The summed E-state index contributed by atoms with van der Waals surface area (Å²) in [7, 11) is 0. The minimum Gasteiger partial charge on any atom is -0.481 e. The van der Waals surface area contributed by atoms with Crippen molar-refractivity contribution in [1.82, 2.24) is 5.32 Å². The van der Waals surface area contributed by atoms with Crippen LogP contribution in [0.1, 0.15) is 78.9 Å². The Bertz CT molecular complexity index is 568. The van der Waals surface area contributed by atoms with Crippen LogP contribution in [0.4, 0.5) is 0 Å². The molecule has 1 amide bonds. The largest absolute Gasteiger partial charge is 0.481 e. The molecule has 0 spiro atoms. The Kier molecular flexibility index (Phi) is 6.49. The van der Waals surface area contributed by atoms with Crippen molar-refractivity contribution >= 4 is 5.91 Å². The molecular formula is C21H35NO2. The monoisotopic (exact) mass is 333 g/mol. The molecule has 0 saturated carbocycles. The zero-order valence-corrected chi connectivity index (χ0v) is 16.9. The number of carbonyl (C=O) groups excluding carboxylic acids is 1. The number of nitrogens with one attached hydrogen (secondary N) is 1. The molecule has 0 unspecified atom stereocenters. The van der Waals surface area contributed by atoms with E-state index in [1.54, 1.807) is 0 Å². The molecular weight excluding hydrogens is 298 g/mol. The fourth-order valence-corrected chi connectivity index (χ4v) is 3.27. The Labute approximate surface area is 148 Å². The van der Waals surface area contributed by atoms with Crippen molar-refractivity contribution < 1.29 is 9.53 Å². The van der Waals surface area contributed by atoms with Crippen LogP contribution in [0, 0.1) is 12.3 Å². The van der Waals surface area contributed by atoms with Gasteiger partial charge in [-0.1, -0.05) is 46.8 Å². The van der Waals surface area contributed by atoms with E-state index < -0.39 is 6.10 Å². The van der Waals surface area contributed by atoms with Gasteiger partial charge in [-0.15, -0.1) is 0 Å². The lowest BCUT2D eigenvalue weighted by molar-refractivity contribution is -0.129. The van der Waals surface area contributed by atoms with E-state index in [4.69, 9.17) is 4.74 Å². The van der Waals surface area contributed by atoms with Gasteiger partial charge < -0.3 is 10.1 Å². The van der Waals surface area contributed by atoms with E-state index in [-0.39, 0.29) is 16.9 Å². The quantitative estimate of drug-likeness (QED) is 0.775. The first-order chi connectivity index (χ1) is 10.8. The summed E-state index contributed by atoms with van der Waals surface area (Å²) in [4.78, 5) is 12.6. The number of ether oxygens (including phenoxy) is 1. The fraction of sp³-hybridized carbons (Fsp3) is 0.667. The highest BCUT2D eigenvalue weighted by molar-refractivity contribution is 5.81. The van der Waals surface area contributed by atoms with Crippen LogP contribution in [0.3, 0.4) is 0 Å². The molecule has 1 rings (SSSR count). The molecule has 0 bridgehead atoms. The second-order valence-electron chi connectivity index (χ2n) is 9.07. The molecule has 0 radical (unpaired) electrons. The maximum absolute atomic E-state index is 12.6. The van der Waals surface area contributed by atoms with Crippen LogP contribution >= 0.6 is 0 Å². The molecule has 0 heterocycles.